The summed E-state index contributed by atoms with van der Waals surface area (Å²) in [7, 11) is 0. The maximum Gasteiger partial charge on any atom is 0.387 e. The third-order valence-corrected chi connectivity index (χ3v) is 6.86. The lowest BCUT2D eigenvalue weighted by Crippen LogP contribution is -2.46. The van der Waals surface area contributed by atoms with Gasteiger partial charge in [0.15, 0.2) is 11.6 Å². The first kappa shape index (κ1) is 22.9. The summed E-state index contributed by atoms with van der Waals surface area (Å²) in [5.41, 5.74) is 13.9. The number of rotatable bonds is 7. The van der Waals surface area contributed by atoms with Crippen molar-refractivity contribution in [2.45, 2.75) is 51.8 Å². The molecule has 2 aliphatic carbocycles. The molecule has 176 valence electrons. The summed E-state index contributed by atoms with van der Waals surface area (Å²) in [4.78, 5) is 11.5. The molecule has 4 atom stereocenters. The molecule has 3 aliphatic rings. The molecule has 4 rings (SSSR count). The van der Waals surface area contributed by atoms with E-state index in [1.165, 1.54) is 25.1 Å². The molecule has 4 N–H and O–H groups in total. The predicted molar refractivity (Wildman–Crippen MR) is 121 cm³/mol. The fourth-order valence-electron chi connectivity index (χ4n) is 5.55. The third kappa shape index (κ3) is 5.04. The van der Waals surface area contributed by atoms with Crippen LogP contribution in [0.3, 0.4) is 0 Å². The minimum Gasteiger partial charge on any atom is -0.431 e. The Labute approximate surface area is 187 Å². The Morgan fingerprint density at radius 3 is 2.62 bits per heavy atom. The molecule has 2 heterocycles. The van der Waals surface area contributed by atoms with Gasteiger partial charge in [0.2, 0.25) is 0 Å². The van der Waals surface area contributed by atoms with E-state index in [0.717, 1.165) is 38.4 Å². The number of nitrogens with two attached hydrogens (primary N) is 2. The number of morpholine rings is 1. The van der Waals surface area contributed by atoms with E-state index in [1.807, 2.05) is 19.9 Å². The summed E-state index contributed by atoms with van der Waals surface area (Å²) in [6.07, 6.45) is 6.85. The van der Waals surface area contributed by atoms with E-state index in [0.29, 0.717) is 35.1 Å². The molecular formula is C23H33F2N5O2. The van der Waals surface area contributed by atoms with Gasteiger partial charge in [-0.25, -0.2) is 4.98 Å². The number of aliphatic imine (C=N–C) groups is 1. The number of fused-ring (bicyclic) bond motifs is 2. The molecule has 1 aromatic rings. The Bertz CT molecular complexity index is 870. The van der Waals surface area contributed by atoms with Crippen LogP contribution in [0.5, 0.6) is 5.75 Å². The minimum absolute atomic E-state index is 0.0971. The van der Waals surface area contributed by atoms with Gasteiger partial charge in [0, 0.05) is 54.3 Å². The zero-order chi connectivity index (χ0) is 22.8. The third-order valence-electron chi connectivity index (χ3n) is 6.86. The first-order valence-corrected chi connectivity index (χ1v) is 11.4. The number of aromatic nitrogens is 1. The van der Waals surface area contributed by atoms with Crippen LogP contribution in [0.15, 0.2) is 23.3 Å². The highest BCUT2D eigenvalue weighted by Crippen LogP contribution is 2.51. The number of hydrogen-bond donors (Lipinski definition) is 2. The lowest BCUT2D eigenvalue weighted by atomic mass is 9.81. The summed E-state index contributed by atoms with van der Waals surface area (Å²) >= 11 is 0. The van der Waals surface area contributed by atoms with Gasteiger partial charge in [-0.2, -0.15) is 8.78 Å². The average Bonchev–Trinajstić information content (AvgIpc) is 3.36. The fourth-order valence-corrected chi connectivity index (χ4v) is 5.55. The summed E-state index contributed by atoms with van der Waals surface area (Å²) < 4.78 is 35.3. The number of hydrogen-bond acceptors (Lipinski definition) is 7. The molecule has 2 bridgehead atoms. The molecule has 32 heavy (non-hydrogen) atoms. The molecule has 3 fully saturated rings. The van der Waals surface area contributed by atoms with Crippen molar-refractivity contribution in [3.63, 3.8) is 0 Å². The van der Waals surface area contributed by atoms with Crippen LogP contribution in [0.1, 0.15) is 38.7 Å². The second kappa shape index (κ2) is 9.70. The van der Waals surface area contributed by atoms with E-state index in [-0.39, 0.29) is 17.6 Å². The molecule has 0 amide bonds. The maximum atomic E-state index is 12.7. The molecular weight excluding hydrogens is 416 g/mol. The number of allylic oxidation sites excluding steroid dienone is 1. The maximum absolute atomic E-state index is 12.7. The van der Waals surface area contributed by atoms with E-state index in [9.17, 15) is 8.78 Å². The van der Waals surface area contributed by atoms with Gasteiger partial charge in [0.25, 0.3) is 0 Å². The molecule has 3 unspecified atom stereocenters. The van der Waals surface area contributed by atoms with Crippen molar-refractivity contribution in [3.05, 3.63) is 23.9 Å². The van der Waals surface area contributed by atoms with Crippen molar-refractivity contribution < 1.29 is 18.3 Å². The van der Waals surface area contributed by atoms with Crippen LogP contribution in [-0.2, 0) is 4.74 Å². The predicted octanol–water partition coefficient (Wildman–Crippen LogP) is 3.16. The van der Waals surface area contributed by atoms with Crippen LogP contribution in [0.25, 0.3) is 5.70 Å². The van der Waals surface area contributed by atoms with Crippen LogP contribution in [-0.4, -0.2) is 60.6 Å². The lowest BCUT2D eigenvalue weighted by Gasteiger charge is -2.38. The SMILES string of the molecule is CC(C)N=C(C=C(N)c1cnc(N)c(OC(F)F)c1)C1CC2C[C@@H]1CC2N1CCOCC1. The van der Waals surface area contributed by atoms with E-state index in [1.54, 1.807) is 0 Å². The Hall–Kier alpha value is -2.26. The topological polar surface area (TPSA) is 99.0 Å². The van der Waals surface area contributed by atoms with Crippen molar-refractivity contribution in [1.82, 2.24) is 9.88 Å². The molecule has 2 saturated carbocycles. The Morgan fingerprint density at radius 2 is 2.00 bits per heavy atom. The van der Waals surface area contributed by atoms with Crippen molar-refractivity contribution in [2.75, 3.05) is 32.0 Å². The van der Waals surface area contributed by atoms with Crippen molar-refractivity contribution in [1.29, 1.82) is 0 Å². The molecule has 0 aromatic carbocycles. The van der Waals surface area contributed by atoms with Gasteiger partial charge in [0.05, 0.1) is 13.2 Å². The highest BCUT2D eigenvalue weighted by molar-refractivity contribution is 6.02. The van der Waals surface area contributed by atoms with Gasteiger partial charge in [-0.1, -0.05) is 0 Å². The van der Waals surface area contributed by atoms with E-state index in [4.69, 9.17) is 21.2 Å². The van der Waals surface area contributed by atoms with Crippen LogP contribution >= 0.6 is 0 Å². The molecule has 1 aromatic heterocycles. The Morgan fingerprint density at radius 1 is 1.25 bits per heavy atom. The fraction of sp³-hybridized carbons (Fsp3) is 0.652. The molecule has 1 saturated heterocycles. The number of pyridine rings is 1. The summed E-state index contributed by atoms with van der Waals surface area (Å²) in [6.45, 7) is 4.80. The quantitative estimate of drug-likeness (QED) is 0.621. The minimum atomic E-state index is -2.98. The zero-order valence-corrected chi connectivity index (χ0v) is 18.7. The van der Waals surface area contributed by atoms with E-state index in [2.05, 4.69) is 14.6 Å². The standard InChI is InChI=1S/C23H33F2N5O2/c1-13(2)29-19(11-18(26)16-10-21(32-23(24)25)22(27)28-12-16)17-8-15-7-14(17)9-20(15)30-3-5-31-6-4-30/h10-15,17,20,23H,3-9,26H2,1-2H3,(H2,27,28)/t14-,15?,17?,20?/m1/s1. The Balaban J connectivity index is 1.52. The van der Waals surface area contributed by atoms with E-state index >= 15 is 0 Å². The lowest BCUT2D eigenvalue weighted by molar-refractivity contribution is -0.0495. The molecule has 9 heteroatoms. The molecule has 1 aliphatic heterocycles. The number of halogens is 2. The average molecular weight is 450 g/mol. The number of nitrogen functional groups attached to an aromatic ring is 1. The zero-order valence-electron chi connectivity index (χ0n) is 18.7. The van der Waals surface area contributed by atoms with Gasteiger partial charge in [0.1, 0.15) is 0 Å². The summed E-state index contributed by atoms with van der Waals surface area (Å²) in [5, 5.41) is 0. The Kier molecular flexibility index (Phi) is 6.95. The normalized spacial score (nSPS) is 29.3. The van der Waals surface area contributed by atoms with Crippen LogP contribution in [0, 0.1) is 17.8 Å². The number of alkyl halides is 2. The van der Waals surface area contributed by atoms with Crippen LogP contribution < -0.4 is 16.2 Å². The smallest absolute Gasteiger partial charge is 0.387 e. The van der Waals surface area contributed by atoms with Crippen molar-refractivity contribution in [2.24, 2.45) is 28.5 Å². The second-order valence-corrected chi connectivity index (χ2v) is 9.28. The summed E-state index contributed by atoms with van der Waals surface area (Å²) in [5.74, 6) is 1.33. The first-order valence-electron chi connectivity index (χ1n) is 11.4. The molecule has 0 spiro atoms. The second-order valence-electron chi connectivity index (χ2n) is 9.28. The van der Waals surface area contributed by atoms with Crippen molar-refractivity contribution in [3.8, 4) is 5.75 Å². The first-order chi connectivity index (χ1) is 15.3. The van der Waals surface area contributed by atoms with Crippen LogP contribution in [0.2, 0.25) is 0 Å². The molecule has 7 nitrogen and oxygen atoms in total. The highest BCUT2D eigenvalue weighted by Gasteiger charge is 2.49. The van der Waals surface area contributed by atoms with E-state index < -0.39 is 6.61 Å². The number of nitrogens with zero attached hydrogens (tertiary/aromatic N) is 3. The molecule has 0 radical (unpaired) electrons. The van der Waals surface area contributed by atoms with Gasteiger partial charge in [-0.15, -0.1) is 0 Å². The highest BCUT2D eigenvalue weighted by atomic mass is 19.3. The number of anilines is 1. The van der Waals surface area contributed by atoms with Gasteiger partial charge >= 0.3 is 6.61 Å². The van der Waals surface area contributed by atoms with Gasteiger partial charge in [-0.05, 0) is 57.1 Å². The number of ether oxygens (including phenoxy) is 2. The largest absolute Gasteiger partial charge is 0.431 e. The van der Waals surface area contributed by atoms with Gasteiger partial charge in [-0.3, -0.25) is 9.89 Å². The monoisotopic (exact) mass is 449 g/mol. The van der Waals surface area contributed by atoms with Gasteiger partial charge < -0.3 is 20.9 Å². The summed E-state index contributed by atoms with van der Waals surface area (Å²) in [6, 6.07) is 2.17. The van der Waals surface area contributed by atoms with Crippen molar-refractivity contribution >= 4 is 17.2 Å². The van der Waals surface area contributed by atoms with Crippen LogP contribution in [0.4, 0.5) is 14.6 Å².